The van der Waals surface area contributed by atoms with Crippen LogP contribution in [-0.2, 0) is 9.31 Å². The van der Waals surface area contributed by atoms with Crippen LogP contribution < -0.4 is 0 Å². The number of hydrogen-bond acceptors (Lipinski definition) is 2. The Morgan fingerprint density at radius 1 is 1.12 bits per heavy atom. The van der Waals surface area contributed by atoms with Gasteiger partial charge in [0.25, 0.3) is 0 Å². The van der Waals surface area contributed by atoms with Crippen molar-refractivity contribution in [2.75, 3.05) is 0 Å². The van der Waals surface area contributed by atoms with Gasteiger partial charge in [0.1, 0.15) is 5.73 Å². The van der Waals surface area contributed by atoms with E-state index in [2.05, 4.69) is 13.8 Å². The van der Waals surface area contributed by atoms with Crippen molar-refractivity contribution in [3.8, 4) is 0 Å². The van der Waals surface area contributed by atoms with Crippen molar-refractivity contribution in [3.63, 3.8) is 0 Å². The fourth-order valence-corrected chi connectivity index (χ4v) is 2.02. The van der Waals surface area contributed by atoms with Crippen LogP contribution in [0.2, 0.25) is 0 Å². The van der Waals surface area contributed by atoms with Gasteiger partial charge in [0, 0.05) is 0 Å². The molecule has 1 heterocycles. The van der Waals surface area contributed by atoms with Crippen LogP contribution in [0.25, 0.3) is 0 Å². The third-order valence-electron chi connectivity index (χ3n) is 4.43. The van der Waals surface area contributed by atoms with Gasteiger partial charge in [0.05, 0.1) is 11.2 Å². The van der Waals surface area contributed by atoms with Crippen LogP contribution in [0.3, 0.4) is 0 Å². The molecule has 0 bridgehead atoms. The largest absolute Gasteiger partial charge is 0.524 e. The predicted octanol–water partition coefficient (Wildman–Crippen LogP) is 3.52. The van der Waals surface area contributed by atoms with E-state index in [9.17, 15) is 4.39 Å². The summed E-state index contributed by atoms with van der Waals surface area (Å²) < 4.78 is 25.4. The van der Waals surface area contributed by atoms with E-state index in [0.29, 0.717) is 5.92 Å². The second-order valence-electron chi connectivity index (χ2n) is 6.94. The second kappa shape index (κ2) is 3.58. The minimum Gasteiger partial charge on any atom is -0.398 e. The average Bonchev–Trinajstić information content (AvgIpc) is 2.62. The molecule has 1 saturated carbocycles. The summed E-state index contributed by atoms with van der Waals surface area (Å²) in [4.78, 5) is 0. The zero-order chi connectivity index (χ0) is 13.1. The Labute approximate surface area is 104 Å². The van der Waals surface area contributed by atoms with E-state index in [4.69, 9.17) is 9.31 Å². The molecule has 0 N–H and O–H groups in total. The summed E-state index contributed by atoms with van der Waals surface area (Å²) in [6.07, 6.45) is 2.71. The molecular formula is C13H22BFO2. The van der Waals surface area contributed by atoms with Crippen LogP contribution in [0.1, 0.15) is 48.0 Å². The maximum absolute atomic E-state index is 14.0. The van der Waals surface area contributed by atoms with Gasteiger partial charge in [-0.25, -0.2) is 4.39 Å². The zero-order valence-corrected chi connectivity index (χ0v) is 11.6. The summed E-state index contributed by atoms with van der Waals surface area (Å²) in [6, 6.07) is 0. The standard InChI is InChI=1S/C13H22BFO2/c1-11(2)8-9(11)7-10(15)14-16-12(3,4)13(5,6)17-14/h7,9H,8H2,1-6H3. The van der Waals surface area contributed by atoms with Crippen LogP contribution in [-0.4, -0.2) is 18.3 Å². The van der Waals surface area contributed by atoms with Crippen molar-refractivity contribution in [2.24, 2.45) is 11.3 Å². The molecule has 1 saturated heterocycles. The molecule has 2 fully saturated rings. The molecule has 1 unspecified atom stereocenters. The Balaban J connectivity index is 2.06. The molecule has 0 radical (unpaired) electrons. The van der Waals surface area contributed by atoms with E-state index in [-0.39, 0.29) is 11.1 Å². The fraction of sp³-hybridized carbons (Fsp3) is 0.846. The molecule has 2 nitrogen and oxygen atoms in total. The molecule has 0 aromatic carbocycles. The molecule has 2 rings (SSSR count). The molecule has 0 aromatic rings. The quantitative estimate of drug-likeness (QED) is 0.687. The molecule has 1 aliphatic carbocycles. The molecule has 0 amide bonds. The highest BCUT2D eigenvalue weighted by atomic mass is 19.1. The Kier molecular flexibility index (Phi) is 2.76. The summed E-state index contributed by atoms with van der Waals surface area (Å²) >= 11 is 0. The number of hydrogen-bond donors (Lipinski definition) is 0. The molecule has 1 atom stereocenters. The van der Waals surface area contributed by atoms with E-state index >= 15 is 0 Å². The van der Waals surface area contributed by atoms with E-state index in [0.717, 1.165) is 6.42 Å². The van der Waals surface area contributed by atoms with Gasteiger partial charge in [-0.05, 0) is 45.4 Å². The number of rotatable bonds is 2. The van der Waals surface area contributed by atoms with E-state index < -0.39 is 18.3 Å². The van der Waals surface area contributed by atoms with E-state index in [1.54, 1.807) is 6.08 Å². The summed E-state index contributed by atoms with van der Waals surface area (Å²) in [7, 11) is -0.837. The molecule has 17 heavy (non-hydrogen) atoms. The molecular weight excluding hydrogens is 218 g/mol. The zero-order valence-electron chi connectivity index (χ0n) is 11.6. The highest BCUT2D eigenvalue weighted by molar-refractivity contribution is 6.53. The van der Waals surface area contributed by atoms with Crippen molar-refractivity contribution < 1.29 is 13.7 Å². The van der Waals surface area contributed by atoms with Crippen molar-refractivity contribution in [3.05, 3.63) is 11.8 Å². The molecule has 2 aliphatic rings. The van der Waals surface area contributed by atoms with Crippen LogP contribution in [0.5, 0.6) is 0 Å². The van der Waals surface area contributed by atoms with Crippen LogP contribution >= 0.6 is 0 Å². The van der Waals surface area contributed by atoms with Gasteiger partial charge in [-0.1, -0.05) is 19.9 Å². The van der Waals surface area contributed by atoms with Crippen molar-refractivity contribution in [2.45, 2.75) is 59.2 Å². The van der Waals surface area contributed by atoms with Gasteiger partial charge >= 0.3 is 7.12 Å². The monoisotopic (exact) mass is 240 g/mol. The first-order valence-corrected chi connectivity index (χ1v) is 6.28. The van der Waals surface area contributed by atoms with Gasteiger partial charge in [-0.2, -0.15) is 0 Å². The second-order valence-corrected chi connectivity index (χ2v) is 6.94. The number of halogens is 1. The Bertz CT molecular complexity index is 344. The van der Waals surface area contributed by atoms with Gasteiger partial charge in [-0.15, -0.1) is 0 Å². The first-order valence-electron chi connectivity index (χ1n) is 6.28. The van der Waals surface area contributed by atoms with Gasteiger partial charge in [0.15, 0.2) is 0 Å². The third-order valence-corrected chi connectivity index (χ3v) is 4.43. The van der Waals surface area contributed by atoms with Crippen molar-refractivity contribution >= 4 is 7.12 Å². The van der Waals surface area contributed by atoms with Crippen molar-refractivity contribution in [1.82, 2.24) is 0 Å². The fourth-order valence-electron chi connectivity index (χ4n) is 2.02. The molecule has 1 aliphatic heterocycles. The minimum atomic E-state index is -0.837. The van der Waals surface area contributed by atoms with Gasteiger partial charge in [-0.3, -0.25) is 0 Å². The Hall–Kier alpha value is -0.345. The highest BCUT2D eigenvalue weighted by Crippen LogP contribution is 2.53. The van der Waals surface area contributed by atoms with Gasteiger partial charge in [0.2, 0.25) is 0 Å². The molecule has 96 valence electrons. The molecule has 0 aromatic heterocycles. The third kappa shape index (κ3) is 2.30. The summed E-state index contributed by atoms with van der Waals surface area (Å²) in [6.45, 7) is 12.0. The minimum absolute atomic E-state index is 0.237. The van der Waals surface area contributed by atoms with E-state index in [1.807, 2.05) is 27.7 Å². The molecule has 0 spiro atoms. The van der Waals surface area contributed by atoms with Crippen LogP contribution in [0.15, 0.2) is 11.8 Å². The lowest BCUT2D eigenvalue weighted by Gasteiger charge is -2.32. The maximum Gasteiger partial charge on any atom is 0.524 e. The lowest BCUT2D eigenvalue weighted by molar-refractivity contribution is 0.00578. The summed E-state index contributed by atoms with van der Waals surface area (Å²) in [5, 5.41) is 0. The Morgan fingerprint density at radius 3 is 1.88 bits per heavy atom. The predicted molar refractivity (Wildman–Crippen MR) is 67.2 cm³/mol. The number of allylic oxidation sites excluding steroid dienone is 1. The Morgan fingerprint density at radius 2 is 1.53 bits per heavy atom. The normalized spacial score (nSPS) is 33.9. The first kappa shape index (κ1) is 13.1. The first-order chi connectivity index (χ1) is 7.55. The molecule has 4 heteroatoms. The topological polar surface area (TPSA) is 18.5 Å². The SMILES string of the molecule is CC1(C)CC1C=C(F)B1OC(C)(C)C(C)(C)O1. The summed E-state index contributed by atoms with van der Waals surface area (Å²) in [5.74, 6) is 0.321. The maximum atomic E-state index is 14.0. The van der Waals surface area contributed by atoms with Crippen LogP contribution in [0.4, 0.5) is 4.39 Å². The smallest absolute Gasteiger partial charge is 0.398 e. The highest BCUT2D eigenvalue weighted by Gasteiger charge is 2.54. The average molecular weight is 240 g/mol. The van der Waals surface area contributed by atoms with E-state index in [1.165, 1.54) is 0 Å². The lowest BCUT2D eigenvalue weighted by Crippen LogP contribution is -2.41. The van der Waals surface area contributed by atoms with Crippen molar-refractivity contribution in [1.29, 1.82) is 0 Å². The van der Waals surface area contributed by atoms with Crippen LogP contribution in [0, 0.1) is 11.3 Å². The lowest BCUT2D eigenvalue weighted by atomic mass is 9.86. The van der Waals surface area contributed by atoms with Gasteiger partial charge < -0.3 is 9.31 Å². The summed E-state index contributed by atoms with van der Waals surface area (Å²) in [5.41, 5.74) is -0.982.